The number of carboxylic acid groups (broad SMARTS) is 1. The van der Waals surface area contributed by atoms with E-state index in [4.69, 9.17) is 5.11 Å². The summed E-state index contributed by atoms with van der Waals surface area (Å²) in [5.74, 6) is -1.30. The van der Waals surface area contributed by atoms with Gasteiger partial charge in [0.1, 0.15) is 11.6 Å². The molecule has 0 atom stereocenters. The van der Waals surface area contributed by atoms with Crippen LogP contribution in [0.15, 0.2) is 0 Å². The lowest BCUT2D eigenvalue weighted by Gasteiger charge is -2.05. The Labute approximate surface area is 125 Å². The quantitative estimate of drug-likeness (QED) is 0.562. The lowest BCUT2D eigenvalue weighted by molar-refractivity contribution is -0.137. The summed E-state index contributed by atoms with van der Waals surface area (Å²) in [7, 11) is 0. The molecule has 4 N–H and O–H groups in total. The summed E-state index contributed by atoms with van der Waals surface area (Å²) < 4.78 is 0. The van der Waals surface area contributed by atoms with Gasteiger partial charge in [-0.15, -0.1) is 10.2 Å². The number of carboxylic acids is 1. The molecule has 0 radical (unpaired) electrons. The van der Waals surface area contributed by atoms with Gasteiger partial charge in [-0.1, -0.05) is 25.2 Å². The second-order valence-corrected chi connectivity index (χ2v) is 5.64. The van der Waals surface area contributed by atoms with Crippen LogP contribution in [0.1, 0.15) is 18.9 Å². The zero-order chi connectivity index (χ0) is 15.8. The van der Waals surface area contributed by atoms with E-state index < -0.39 is 24.5 Å². The van der Waals surface area contributed by atoms with Crippen molar-refractivity contribution in [2.45, 2.75) is 20.3 Å². The number of carbonyl (C=O) groups is 3. The normalized spacial score (nSPS) is 10.2. The van der Waals surface area contributed by atoms with Gasteiger partial charge in [-0.05, 0) is 5.92 Å². The van der Waals surface area contributed by atoms with Crippen molar-refractivity contribution in [2.75, 3.05) is 18.4 Å². The van der Waals surface area contributed by atoms with Gasteiger partial charge in [0.05, 0.1) is 6.54 Å². The van der Waals surface area contributed by atoms with Crippen LogP contribution in [-0.4, -0.2) is 46.3 Å². The first-order valence-electron chi connectivity index (χ1n) is 6.22. The summed E-state index contributed by atoms with van der Waals surface area (Å²) in [4.78, 5) is 32.9. The molecule has 3 amide bonds. The second kappa shape index (κ2) is 8.15. The van der Waals surface area contributed by atoms with E-state index in [1.54, 1.807) is 0 Å². The first kappa shape index (κ1) is 16.8. The van der Waals surface area contributed by atoms with Crippen LogP contribution in [0.3, 0.4) is 0 Å². The first-order valence-corrected chi connectivity index (χ1v) is 7.04. The third-order valence-corrected chi connectivity index (χ3v) is 2.98. The lowest BCUT2D eigenvalue weighted by Crippen LogP contribution is -2.40. The van der Waals surface area contributed by atoms with Crippen LogP contribution >= 0.6 is 11.3 Å². The Balaban J connectivity index is 2.31. The number of anilines is 1. The standard InChI is InChI=1S/C11H17N5O4S/c1-6(2)3-8-15-16-11(21-8)14-10(20)13-4-7(17)12-5-9(18)19/h6H,3-5H2,1-2H3,(H,12,17)(H,18,19)(H2,13,14,16,20). The number of urea groups is 1. The number of aromatic nitrogens is 2. The Morgan fingerprint density at radius 2 is 1.90 bits per heavy atom. The van der Waals surface area contributed by atoms with Gasteiger partial charge in [-0.2, -0.15) is 0 Å². The average Bonchev–Trinajstić information content (AvgIpc) is 2.80. The molecule has 0 aliphatic rings. The van der Waals surface area contributed by atoms with Crippen LogP contribution < -0.4 is 16.0 Å². The van der Waals surface area contributed by atoms with Gasteiger partial charge in [0.2, 0.25) is 11.0 Å². The molecule has 116 valence electrons. The van der Waals surface area contributed by atoms with Gasteiger partial charge < -0.3 is 15.7 Å². The van der Waals surface area contributed by atoms with Crippen molar-refractivity contribution >= 4 is 34.4 Å². The van der Waals surface area contributed by atoms with E-state index in [2.05, 4.69) is 40.0 Å². The van der Waals surface area contributed by atoms with Gasteiger partial charge in [0.25, 0.3) is 0 Å². The number of carbonyl (C=O) groups excluding carboxylic acids is 2. The molecular weight excluding hydrogens is 298 g/mol. The predicted molar refractivity (Wildman–Crippen MR) is 76.1 cm³/mol. The van der Waals surface area contributed by atoms with Crippen LogP contribution in [0.5, 0.6) is 0 Å². The smallest absolute Gasteiger partial charge is 0.322 e. The number of hydrogen-bond donors (Lipinski definition) is 4. The van der Waals surface area contributed by atoms with Crippen molar-refractivity contribution in [3.8, 4) is 0 Å². The van der Waals surface area contributed by atoms with E-state index in [0.717, 1.165) is 11.4 Å². The van der Waals surface area contributed by atoms with Crippen LogP contribution in [0.4, 0.5) is 9.93 Å². The van der Waals surface area contributed by atoms with Crippen molar-refractivity contribution in [2.24, 2.45) is 5.92 Å². The highest BCUT2D eigenvalue weighted by Gasteiger charge is 2.10. The number of nitrogens with one attached hydrogen (secondary N) is 3. The Kier molecular flexibility index (Phi) is 6.53. The zero-order valence-electron chi connectivity index (χ0n) is 11.7. The molecule has 1 aromatic heterocycles. The second-order valence-electron chi connectivity index (χ2n) is 4.58. The Morgan fingerprint density at radius 1 is 1.19 bits per heavy atom. The summed E-state index contributed by atoms with van der Waals surface area (Å²) in [6.45, 7) is 3.29. The summed E-state index contributed by atoms with van der Waals surface area (Å²) in [6, 6.07) is -0.604. The minimum absolute atomic E-state index is 0.323. The van der Waals surface area contributed by atoms with Crippen LogP contribution in [0.2, 0.25) is 0 Å². The topological polar surface area (TPSA) is 133 Å². The van der Waals surface area contributed by atoms with Gasteiger partial charge in [-0.3, -0.25) is 14.9 Å². The number of nitrogens with zero attached hydrogens (tertiary/aromatic N) is 2. The molecule has 0 saturated heterocycles. The van der Waals surface area contributed by atoms with Gasteiger partial charge in [-0.25, -0.2) is 4.79 Å². The van der Waals surface area contributed by atoms with Crippen molar-refractivity contribution < 1.29 is 19.5 Å². The van der Waals surface area contributed by atoms with Crippen LogP contribution in [-0.2, 0) is 16.0 Å². The van der Waals surface area contributed by atoms with Crippen LogP contribution in [0, 0.1) is 5.92 Å². The molecule has 9 nitrogen and oxygen atoms in total. The van der Waals surface area contributed by atoms with E-state index in [0.29, 0.717) is 11.0 Å². The van der Waals surface area contributed by atoms with E-state index in [-0.39, 0.29) is 6.54 Å². The van der Waals surface area contributed by atoms with E-state index >= 15 is 0 Å². The molecule has 21 heavy (non-hydrogen) atoms. The fourth-order valence-electron chi connectivity index (χ4n) is 1.27. The molecule has 0 aromatic carbocycles. The molecular formula is C11H17N5O4S. The highest BCUT2D eigenvalue weighted by atomic mass is 32.1. The number of rotatable bonds is 7. The molecule has 0 spiro atoms. The Bertz CT molecular complexity index is 516. The van der Waals surface area contributed by atoms with Gasteiger partial charge >= 0.3 is 12.0 Å². The molecule has 0 unspecified atom stereocenters. The highest BCUT2D eigenvalue weighted by molar-refractivity contribution is 7.15. The maximum Gasteiger partial charge on any atom is 0.322 e. The highest BCUT2D eigenvalue weighted by Crippen LogP contribution is 2.17. The molecule has 0 fully saturated rings. The molecule has 0 aliphatic carbocycles. The third-order valence-electron chi connectivity index (χ3n) is 2.12. The fraction of sp³-hybridized carbons (Fsp3) is 0.545. The van der Waals surface area contributed by atoms with Gasteiger partial charge in [0.15, 0.2) is 0 Å². The zero-order valence-corrected chi connectivity index (χ0v) is 12.5. The summed E-state index contributed by atoms with van der Waals surface area (Å²) in [5.41, 5.74) is 0. The van der Waals surface area contributed by atoms with Crippen molar-refractivity contribution in [3.05, 3.63) is 5.01 Å². The van der Waals surface area contributed by atoms with E-state index in [1.807, 2.05) is 0 Å². The third kappa shape index (κ3) is 7.20. The Morgan fingerprint density at radius 3 is 2.52 bits per heavy atom. The average molecular weight is 315 g/mol. The predicted octanol–water partition coefficient (Wildman–Crippen LogP) is 0.0589. The minimum Gasteiger partial charge on any atom is -0.480 e. The number of hydrogen-bond acceptors (Lipinski definition) is 6. The molecule has 1 aromatic rings. The lowest BCUT2D eigenvalue weighted by atomic mass is 10.1. The summed E-state index contributed by atoms with van der Waals surface area (Å²) in [6.07, 6.45) is 0.776. The van der Waals surface area contributed by atoms with Crippen molar-refractivity contribution in [1.82, 2.24) is 20.8 Å². The largest absolute Gasteiger partial charge is 0.480 e. The Hall–Kier alpha value is -2.23. The van der Waals surface area contributed by atoms with E-state index in [1.165, 1.54) is 11.3 Å². The summed E-state index contributed by atoms with van der Waals surface area (Å²) in [5, 5.41) is 24.1. The van der Waals surface area contributed by atoms with E-state index in [9.17, 15) is 14.4 Å². The fourth-order valence-corrected chi connectivity index (χ4v) is 2.22. The maximum atomic E-state index is 11.5. The molecule has 0 bridgehead atoms. The van der Waals surface area contributed by atoms with Crippen molar-refractivity contribution in [1.29, 1.82) is 0 Å². The first-order chi connectivity index (χ1) is 9.86. The molecule has 0 aliphatic heterocycles. The maximum absolute atomic E-state index is 11.5. The van der Waals surface area contributed by atoms with Gasteiger partial charge in [0, 0.05) is 6.42 Å². The molecule has 10 heteroatoms. The molecule has 1 rings (SSSR count). The number of amides is 3. The molecule has 0 saturated carbocycles. The molecule has 1 heterocycles. The number of aliphatic carboxylic acids is 1. The minimum atomic E-state index is -1.15. The summed E-state index contributed by atoms with van der Waals surface area (Å²) >= 11 is 1.27. The monoisotopic (exact) mass is 315 g/mol. The van der Waals surface area contributed by atoms with Crippen LogP contribution in [0.25, 0.3) is 0 Å². The SMILES string of the molecule is CC(C)Cc1nnc(NC(=O)NCC(=O)NCC(=O)O)s1. The van der Waals surface area contributed by atoms with Crippen molar-refractivity contribution in [3.63, 3.8) is 0 Å².